The third-order valence-corrected chi connectivity index (χ3v) is 1.91. The van der Waals surface area contributed by atoms with Crippen LogP contribution in [0.4, 0.5) is 13.2 Å². The number of ether oxygens (including phenoxy) is 1. The van der Waals surface area contributed by atoms with Gasteiger partial charge in [-0.25, -0.2) is 0 Å². The number of carbonyl (C=O) groups is 2. The predicted octanol–water partition coefficient (Wildman–Crippen LogP) is 1.93. The van der Waals surface area contributed by atoms with E-state index in [0.29, 0.717) is 0 Å². The largest absolute Gasteiger partial charge is 0.471 e. The minimum absolute atomic E-state index is 0.241. The van der Waals surface area contributed by atoms with Crippen LogP contribution < -0.4 is 5.32 Å². The Morgan fingerprint density at radius 1 is 1.22 bits per heavy atom. The first-order valence-corrected chi connectivity index (χ1v) is 4.90. The number of alkyl halides is 3. The average molecular weight is 261 g/mol. The first kappa shape index (κ1) is 14.0. The van der Waals surface area contributed by atoms with Gasteiger partial charge in [0.25, 0.3) is 0 Å². The molecule has 1 atom stereocenters. The summed E-state index contributed by atoms with van der Waals surface area (Å²) in [5, 5.41) is 1.60. The second-order valence-corrected chi connectivity index (χ2v) is 3.37. The van der Waals surface area contributed by atoms with Gasteiger partial charge in [-0.2, -0.15) is 13.2 Å². The van der Waals surface area contributed by atoms with E-state index in [1.165, 1.54) is 12.1 Å². The summed E-state index contributed by atoms with van der Waals surface area (Å²) in [5.41, 5.74) is 0.241. The van der Waals surface area contributed by atoms with Gasteiger partial charge in [-0.05, 0) is 0 Å². The van der Waals surface area contributed by atoms with Gasteiger partial charge >= 0.3 is 18.1 Å². The van der Waals surface area contributed by atoms with Crippen LogP contribution in [0.5, 0.6) is 0 Å². The summed E-state index contributed by atoms with van der Waals surface area (Å²) < 4.78 is 41.0. The first-order chi connectivity index (χ1) is 8.30. The number of amides is 1. The molecule has 1 amide bonds. The van der Waals surface area contributed by atoms with Crippen LogP contribution in [0.1, 0.15) is 18.7 Å². The lowest BCUT2D eigenvalue weighted by Crippen LogP contribution is -2.40. The van der Waals surface area contributed by atoms with Gasteiger partial charge in [-0.1, -0.05) is 30.3 Å². The highest BCUT2D eigenvalue weighted by Gasteiger charge is 2.40. The Morgan fingerprint density at radius 2 is 1.78 bits per heavy atom. The molecule has 0 spiro atoms. The number of hydrogen-bond acceptors (Lipinski definition) is 3. The first-order valence-electron chi connectivity index (χ1n) is 4.90. The van der Waals surface area contributed by atoms with Crippen molar-refractivity contribution in [3.63, 3.8) is 0 Å². The van der Waals surface area contributed by atoms with E-state index in [1.54, 1.807) is 23.5 Å². The molecule has 1 rings (SSSR count). The van der Waals surface area contributed by atoms with E-state index < -0.39 is 24.3 Å². The molecule has 0 radical (unpaired) electrons. The number of rotatable bonds is 3. The second-order valence-electron chi connectivity index (χ2n) is 3.37. The highest BCUT2D eigenvalue weighted by molar-refractivity contribution is 5.82. The maximum absolute atomic E-state index is 12.1. The number of hydrogen-bond donors (Lipinski definition) is 1. The lowest BCUT2D eigenvalue weighted by atomic mass is 10.2. The topological polar surface area (TPSA) is 55.4 Å². The number of halogens is 3. The molecular weight excluding hydrogens is 251 g/mol. The second kappa shape index (κ2) is 5.52. The van der Waals surface area contributed by atoms with Crippen LogP contribution in [0, 0.1) is 0 Å². The van der Waals surface area contributed by atoms with Crippen LogP contribution in [0.3, 0.4) is 0 Å². The highest BCUT2D eigenvalue weighted by Crippen LogP contribution is 2.19. The molecule has 0 unspecified atom stereocenters. The molecular formula is C11H10F3NO3. The Kier molecular flexibility index (Phi) is 4.30. The fourth-order valence-electron chi connectivity index (χ4n) is 1.18. The van der Waals surface area contributed by atoms with Crippen molar-refractivity contribution in [1.29, 1.82) is 0 Å². The van der Waals surface area contributed by atoms with Crippen LogP contribution in [0.2, 0.25) is 0 Å². The van der Waals surface area contributed by atoms with Gasteiger partial charge in [0.15, 0.2) is 0 Å². The van der Waals surface area contributed by atoms with Gasteiger partial charge in [0.05, 0.1) is 0 Å². The van der Waals surface area contributed by atoms with Gasteiger partial charge < -0.3 is 10.1 Å². The number of benzene rings is 1. The van der Waals surface area contributed by atoms with Crippen LogP contribution in [0.15, 0.2) is 30.3 Å². The summed E-state index contributed by atoms with van der Waals surface area (Å²) in [7, 11) is 0. The Balaban J connectivity index is 2.87. The van der Waals surface area contributed by atoms with Crippen LogP contribution in [-0.2, 0) is 14.3 Å². The molecule has 0 saturated heterocycles. The molecule has 1 N–H and O–H groups in total. The smallest absolute Gasteiger partial charge is 0.437 e. The van der Waals surface area contributed by atoms with E-state index in [4.69, 9.17) is 0 Å². The van der Waals surface area contributed by atoms with Crippen molar-refractivity contribution in [3.05, 3.63) is 35.9 Å². The third-order valence-electron chi connectivity index (χ3n) is 1.91. The maximum Gasteiger partial charge on any atom is 0.471 e. The summed E-state index contributed by atoms with van der Waals surface area (Å²) in [6.07, 6.45) is -6.49. The van der Waals surface area contributed by atoms with Crippen molar-refractivity contribution in [2.75, 3.05) is 0 Å². The summed E-state index contributed by atoms with van der Waals surface area (Å²) in [6.45, 7) is 1.04. The lowest BCUT2D eigenvalue weighted by molar-refractivity contribution is -0.179. The molecule has 98 valence electrons. The zero-order valence-electron chi connectivity index (χ0n) is 9.32. The molecule has 0 bridgehead atoms. The molecule has 0 aromatic heterocycles. The van der Waals surface area contributed by atoms with Gasteiger partial charge in [-0.3, -0.25) is 9.59 Å². The summed E-state index contributed by atoms with van der Waals surface area (Å²) in [4.78, 5) is 21.6. The van der Waals surface area contributed by atoms with Crippen LogP contribution >= 0.6 is 0 Å². The monoisotopic (exact) mass is 261 g/mol. The van der Waals surface area contributed by atoms with Crippen LogP contribution in [-0.4, -0.2) is 18.1 Å². The molecule has 4 nitrogen and oxygen atoms in total. The minimum atomic E-state index is -5.03. The minimum Gasteiger partial charge on any atom is -0.437 e. The maximum atomic E-state index is 12.1. The molecule has 1 aromatic rings. The fourth-order valence-corrected chi connectivity index (χ4v) is 1.18. The predicted molar refractivity (Wildman–Crippen MR) is 55.1 cm³/mol. The quantitative estimate of drug-likeness (QED) is 0.668. The van der Waals surface area contributed by atoms with Crippen molar-refractivity contribution in [3.8, 4) is 0 Å². The molecule has 1 aromatic carbocycles. The lowest BCUT2D eigenvalue weighted by Gasteiger charge is -2.19. The summed E-state index contributed by atoms with van der Waals surface area (Å²) in [6, 6.07) is 7.60. The molecule has 0 heterocycles. The Hall–Kier alpha value is -2.05. The van der Waals surface area contributed by atoms with Crippen LogP contribution in [0.25, 0.3) is 0 Å². The molecule has 0 aliphatic heterocycles. The van der Waals surface area contributed by atoms with Gasteiger partial charge in [0.1, 0.15) is 0 Å². The molecule has 7 heteroatoms. The van der Waals surface area contributed by atoms with E-state index in [-0.39, 0.29) is 5.56 Å². The molecule has 0 saturated carbocycles. The number of carbonyl (C=O) groups excluding carboxylic acids is 2. The molecule has 0 aliphatic carbocycles. The molecule has 0 aliphatic rings. The van der Waals surface area contributed by atoms with Crippen molar-refractivity contribution in [2.24, 2.45) is 0 Å². The summed E-state index contributed by atoms with van der Waals surface area (Å²) in [5.74, 6) is -2.97. The average Bonchev–Trinajstić information content (AvgIpc) is 2.27. The Bertz CT molecular complexity index is 431. The van der Waals surface area contributed by atoms with E-state index in [0.717, 1.165) is 6.92 Å². The highest BCUT2D eigenvalue weighted by atomic mass is 19.4. The molecule has 18 heavy (non-hydrogen) atoms. The zero-order valence-corrected chi connectivity index (χ0v) is 9.32. The van der Waals surface area contributed by atoms with E-state index in [2.05, 4.69) is 4.74 Å². The SMILES string of the molecule is CC(=O)O[C@H](NC(=O)C(F)(F)F)c1ccccc1. The van der Waals surface area contributed by atoms with Gasteiger partial charge in [-0.15, -0.1) is 0 Å². The number of nitrogens with one attached hydrogen (secondary N) is 1. The van der Waals surface area contributed by atoms with Crippen molar-refractivity contribution in [2.45, 2.75) is 19.3 Å². The zero-order chi connectivity index (χ0) is 13.8. The van der Waals surface area contributed by atoms with E-state index >= 15 is 0 Å². The Morgan fingerprint density at radius 3 is 2.22 bits per heavy atom. The number of esters is 1. The van der Waals surface area contributed by atoms with Gasteiger partial charge in [0.2, 0.25) is 6.23 Å². The van der Waals surface area contributed by atoms with Gasteiger partial charge in [0, 0.05) is 12.5 Å². The standard InChI is InChI=1S/C11H10F3NO3/c1-7(16)18-9(8-5-3-2-4-6-8)15-10(17)11(12,13)14/h2-6,9H,1H3,(H,15,17)/t9-/m0/s1. The molecule has 0 fully saturated rings. The van der Waals surface area contributed by atoms with Crippen molar-refractivity contribution < 1.29 is 27.5 Å². The Labute approximate surface area is 101 Å². The van der Waals surface area contributed by atoms with Crippen molar-refractivity contribution in [1.82, 2.24) is 5.32 Å². The van der Waals surface area contributed by atoms with Crippen molar-refractivity contribution >= 4 is 11.9 Å². The normalized spacial score (nSPS) is 12.7. The fraction of sp³-hybridized carbons (Fsp3) is 0.273. The van der Waals surface area contributed by atoms with E-state index in [9.17, 15) is 22.8 Å². The third kappa shape index (κ3) is 4.08. The summed E-state index contributed by atoms with van der Waals surface area (Å²) >= 11 is 0. The van der Waals surface area contributed by atoms with E-state index in [1.807, 2.05) is 0 Å².